The summed E-state index contributed by atoms with van der Waals surface area (Å²) >= 11 is 0. The lowest BCUT2D eigenvalue weighted by atomic mass is 9.99. The number of ether oxygens (including phenoxy) is 3. The molecule has 0 spiro atoms. The van der Waals surface area contributed by atoms with E-state index in [1.165, 1.54) is 250 Å². The molecule has 2 atom stereocenters. The molecule has 0 rings (SSSR count). The van der Waals surface area contributed by atoms with Crippen molar-refractivity contribution in [1.82, 2.24) is 0 Å². The van der Waals surface area contributed by atoms with Gasteiger partial charge < -0.3 is 14.2 Å². The van der Waals surface area contributed by atoms with Crippen molar-refractivity contribution in [3.63, 3.8) is 0 Å². The molecule has 0 aliphatic carbocycles. The molecule has 0 bridgehead atoms. The zero-order valence-corrected chi connectivity index (χ0v) is 49.7. The summed E-state index contributed by atoms with van der Waals surface area (Å²) in [5.74, 6) is 1.72. The largest absolute Gasteiger partial charge is 0.462 e. The molecule has 0 aliphatic heterocycles. The fraction of sp³-hybridized carbons (Fsp3) is 0.955. The third-order valence-electron chi connectivity index (χ3n) is 15.5. The van der Waals surface area contributed by atoms with E-state index in [1.807, 2.05) is 0 Å². The topological polar surface area (TPSA) is 78.9 Å². The molecule has 0 fully saturated rings. The molecule has 1 unspecified atom stereocenters. The van der Waals surface area contributed by atoms with Crippen LogP contribution in [0.4, 0.5) is 0 Å². The predicted octanol–water partition coefficient (Wildman–Crippen LogP) is 21.8. The summed E-state index contributed by atoms with van der Waals surface area (Å²) in [5.41, 5.74) is 0. The Balaban J connectivity index is 4.17. The third-order valence-corrected chi connectivity index (χ3v) is 15.5. The minimum atomic E-state index is -0.765. The Labute approximate surface area is 450 Å². The average molecular weight is 1020 g/mol. The summed E-state index contributed by atoms with van der Waals surface area (Å²) in [6, 6.07) is 0. The Morgan fingerprint density at radius 3 is 0.722 bits per heavy atom. The lowest BCUT2D eigenvalue weighted by Crippen LogP contribution is -2.30. The van der Waals surface area contributed by atoms with Crippen molar-refractivity contribution in [1.29, 1.82) is 0 Å². The van der Waals surface area contributed by atoms with E-state index in [1.54, 1.807) is 0 Å². The van der Waals surface area contributed by atoms with Crippen LogP contribution in [0.15, 0.2) is 0 Å². The average Bonchev–Trinajstić information content (AvgIpc) is 3.36. The van der Waals surface area contributed by atoms with Gasteiger partial charge >= 0.3 is 17.9 Å². The lowest BCUT2D eigenvalue weighted by molar-refractivity contribution is -0.167. The molecular weight excluding hydrogens is 889 g/mol. The molecule has 6 heteroatoms. The molecule has 0 amide bonds. The molecule has 0 aromatic rings. The molecule has 6 nitrogen and oxygen atoms in total. The van der Waals surface area contributed by atoms with Gasteiger partial charge in [0, 0.05) is 19.3 Å². The van der Waals surface area contributed by atoms with E-state index in [2.05, 4.69) is 41.5 Å². The quantitative estimate of drug-likeness (QED) is 0.0343. The van der Waals surface area contributed by atoms with Crippen molar-refractivity contribution in [2.24, 2.45) is 17.8 Å². The van der Waals surface area contributed by atoms with Crippen LogP contribution in [0.25, 0.3) is 0 Å². The van der Waals surface area contributed by atoms with Crippen molar-refractivity contribution >= 4 is 17.9 Å². The SMILES string of the molecule is CCC(C)CCCCCCCCCCCCCCCCCCCCC(=O)OC[C@@H](COC(=O)CCCCCCCCCCCCCCCCCCCCC(C)C)OC(=O)CCCCCCCCCCC(C)C. The van der Waals surface area contributed by atoms with Gasteiger partial charge in [0.2, 0.25) is 0 Å². The van der Waals surface area contributed by atoms with E-state index in [-0.39, 0.29) is 31.1 Å². The Morgan fingerprint density at radius 2 is 0.486 bits per heavy atom. The molecule has 0 radical (unpaired) electrons. The van der Waals surface area contributed by atoms with Crippen LogP contribution in [-0.2, 0) is 28.6 Å². The minimum absolute atomic E-state index is 0.0632. The number of hydrogen-bond acceptors (Lipinski definition) is 6. The summed E-state index contributed by atoms with van der Waals surface area (Å²) in [7, 11) is 0. The summed E-state index contributed by atoms with van der Waals surface area (Å²) in [5, 5.41) is 0. The van der Waals surface area contributed by atoms with Crippen LogP contribution in [0.3, 0.4) is 0 Å². The van der Waals surface area contributed by atoms with E-state index in [0.29, 0.717) is 19.3 Å². The van der Waals surface area contributed by atoms with Crippen molar-refractivity contribution in [3.05, 3.63) is 0 Å². The Hall–Kier alpha value is -1.59. The van der Waals surface area contributed by atoms with Crippen LogP contribution in [0.1, 0.15) is 369 Å². The second-order valence-corrected chi connectivity index (χ2v) is 24.0. The molecule has 0 heterocycles. The molecule has 0 aromatic carbocycles. The fourth-order valence-corrected chi connectivity index (χ4v) is 10.2. The smallest absolute Gasteiger partial charge is 0.306 e. The Kier molecular flexibility index (Phi) is 55.9. The Bertz CT molecular complexity index is 1120. The minimum Gasteiger partial charge on any atom is -0.462 e. The van der Waals surface area contributed by atoms with E-state index >= 15 is 0 Å². The van der Waals surface area contributed by atoms with Gasteiger partial charge in [-0.05, 0) is 37.0 Å². The van der Waals surface area contributed by atoms with Crippen molar-refractivity contribution in [2.75, 3.05) is 13.2 Å². The van der Waals surface area contributed by atoms with Crippen LogP contribution < -0.4 is 0 Å². The molecular formula is C66H128O6. The first-order chi connectivity index (χ1) is 35.1. The van der Waals surface area contributed by atoms with Gasteiger partial charge in [-0.25, -0.2) is 0 Å². The zero-order valence-electron chi connectivity index (χ0n) is 49.7. The number of rotatable bonds is 59. The maximum absolute atomic E-state index is 12.9. The van der Waals surface area contributed by atoms with Crippen molar-refractivity contribution in [2.45, 2.75) is 375 Å². The molecule has 72 heavy (non-hydrogen) atoms. The highest BCUT2D eigenvalue weighted by Crippen LogP contribution is 2.20. The third kappa shape index (κ3) is 57.7. The summed E-state index contributed by atoms with van der Waals surface area (Å²) in [6.45, 7) is 13.8. The van der Waals surface area contributed by atoms with Gasteiger partial charge in [0.15, 0.2) is 6.10 Å². The van der Waals surface area contributed by atoms with Gasteiger partial charge in [-0.3, -0.25) is 14.4 Å². The van der Waals surface area contributed by atoms with Crippen molar-refractivity contribution < 1.29 is 28.6 Å². The van der Waals surface area contributed by atoms with E-state index < -0.39 is 6.10 Å². The van der Waals surface area contributed by atoms with E-state index in [9.17, 15) is 14.4 Å². The molecule has 0 saturated heterocycles. The van der Waals surface area contributed by atoms with Gasteiger partial charge in [-0.1, -0.05) is 330 Å². The number of hydrogen-bond donors (Lipinski definition) is 0. The lowest BCUT2D eigenvalue weighted by Gasteiger charge is -2.18. The standard InChI is InChI=1S/C66H128O6/c1-7-62(6)54-48-42-36-29-25-21-17-13-9-11-15-19-23-27-31-38-44-50-56-65(68)71-59-63(72-66(69)57-51-45-39-33-32-35-41-47-53-61(4)5)58-70-64(67)55-49-43-37-30-26-22-18-14-10-8-12-16-20-24-28-34-40-46-52-60(2)3/h60-63H,7-59H2,1-6H3/t62?,63-/m1/s1. The van der Waals surface area contributed by atoms with Crippen LogP contribution in [0.2, 0.25) is 0 Å². The van der Waals surface area contributed by atoms with Crippen LogP contribution in [0.5, 0.6) is 0 Å². The van der Waals surface area contributed by atoms with E-state index in [0.717, 1.165) is 75.5 Å². The summed E-state index contributed by atoms with van der Waals surface area (Å²) in [4.78, 5) is 38.3. The number of esters is 3. The van der Waals surface area contributed by atoms with E-state index in [4.69, 9.17) is 14.2 Å². The van der Waals surface area contributed by atoms with Crippen LogP contribution >= 0.6 is 0 Å². The normalized spacial score (nSPS) is 12.5. The van der Waals surface area contributed by atoms with Crippen molar-refractivity contribution in [3.8, 4) is 0 Å². The monoisotopic (exact) mass is 1020 g/mol. The first-order valence-corrected chi connectivity index (χ1v) is 32.6. The number of carbonyl (C=O) groups is 3. The second-order valence-electron chi connectivity index (χ2n) is 24.0. The molecule has 0 saturated carbocycles. The Morgan fingerprint density at radius 1 is 0.278 bits per heavy atom. The summed E-state index contributed by atoms with van der Waals surface area (Å²) < 4.78 is 16.9. The first kappa shape index (κ1) is 70.4. The van der Waals surface area contributed by atoms with Gasteiger partial charge in [-0.2, -0.15) is 0 Å². The van der Waals surface area contributed by atoms with Gasteiger partial charge in [0.1, 0.15) is 13.2 Å². The molecule has 428 valence electrons. The highest BCUT2D eigenvalue weighted by molar-refractivity contribution is 5.71. The molecule has 0 N–H and O–H groups in total. The number of unbranched alkanes of at least 4 members (excludes halogenated alkanes) is 41. The maximum atomic E-state index is 12.9. The van der Waals surface area contributed by atoms with Gasteiger partial charge in [0.25, 0.3) is 0 Å². The molecule has 0 aromatic heterocycles. The van der Waals surface area contributed by atoms with Crippen LogP contribution in [0, 0.1) is 17.8 Å². The first-order valence-electron chi connectivity index (χ1n) is 32.6. The molecule has 0 aliphatic rings. The highest BCUT2D eigenvalue weighted by atomic mass is 16.6. The predicted molar refractivity (Wildman–Crippen MR) is 312 cm³/mol. The highest BCUT2D eigenvalue weighted by Gasteiger charge is 2.19. The van der Waals surface area contributed by atoms with Gasteiger partial charge in [-0.15, -0.1) is 0 Å². The van der Waals surface area contributed by atoms with Gasteiger partial charge in [0.05, 0.1) is 0 Å². The fourth-order valence-electron chi connectivity index (χ4n) is 10.2. The zero-order chi connectivity index (χ0) is 52.6. The van der Waals surface area contributed by atoms with Crippen LogP contribution in [-0.4, -0.2) is 37.2 Å². The summed E-state index contributed by atoms with van der Waals surface area (Å²) in [6.07, 6.45) is 62.6. The maximum Gasteiger partial charge on any atom is 0.306 e. The number of carbonyl (C=O) groups excluding carboxylic acids is 3. The second kappa shape index (κ2) is 57.1.